The Balaban J connectivity index is 2.01. The monoisotopic (exact) mass is 261 g/mol. The maximum Gasteiger partial charge on any atom is 0.118 e. The average molecular weight is 261 g/mol. The normalized spacial score (nSPS) is 23.9. The van der Waals surface area contributed by atoms with Gasteiger partial charge in [-0.05, 0) is 42.9 Å². The minimum Gasteiger partial charge on any atom is -0.497 e. The number of hydrogen-bond donors (Lipinski definition) is 1. The predicted molar refractivity (Wildman–Crippen MR) is 80.6 cm³/mol. The van der Waals surface area contributed by atoms with Crippen LogP contribution >= 0.6 is 0 Å². The lowest BCUT2D eigenvalue weighted by molar-refractivity contribution is 0.157. The Kier molecular flexibility index (Phi) is 4.51. The van der Waals surface area contributed by atoms with Crippen LogP contribution in [0, 0.1) is 5.41 Å². The van der Waals surface area contributed by atoms with Crippen molar-refractivity contribution in [1.29, 1.82) is 0 Å². The number of hydrogen-bond acceptors (Lipinski definition) is 2. The molecule has 0 saturated heterocycles. The van der Waals surface area contributed by atoms with E-state index in [0.717, 1.165) is 5.75 Å². The Bertz CT molecular complexity index is 396. The van der Waals surface area contributed by atoms with Crippen LogP contribution in [0.4, 0.5) is 0 Å². The lowest BCUT2D eigenvalue weighted by atomic mass is 9.73. The van der Waals surface area contributed by atoms with Crippen molar-refractivity contribution in [1.82, 2.24) is 5.32 Å². The summed E-state index contributed by atoms with van der Waals surface area (Å²) in [5, 5.41) is 3.82. The van der Waals surface area contributed by atoms with Gasteiger partial charge in [0.25, 0.3) is 0 Å². The summed E-state index contributed by atoms with van der Waals surface area (Å²) in [5.74, 6) is 0.925. The number of nitrogens with one attached hydrogen (secondary N) is 1. The summed E-state index contributed by atoms with van der Waals surface area (Å²) >= 11 is 0. The summed E-state index contributed by atoms with van der Waals surface area (Å²) in [4.78, 5) is 0. The molecule has 0 aliphatic heterocycles. The highest BCUT2D eigenvalue weighted by molar-refractivity contribution is 5.28. The Hall–Kier alpha value is -1.02. The first-order valence-corrected chi connectivity index (χ1v) is 7.43. The minimum atomic E-state index is 0.397. The van der Waals surface area contributed by atoms with Gasteiger partial charge < -0.3 is 10.1 Å². The quantitative estimate of drug-likeness (QED) is 0.871. The first-order chi connectivity index (χ1) is 9.03. The number of rotatable bonds is 4. The van der Waals surface area contributed by atoms with Crippen LogP contribution in [0.5, 0.6) is 5.75 Å². The van der Waals surface area contributed by atoms with Gasteiger partial charge in [-0.3, -0.25) is 0 Å². The van der Waals surface area contributed by atoms with Gasteiger partial charge in [0.05, 0.1) is 7.11 Å². The molecule has 0 bridgehead atoms. The van der Waals surface area contributed by atoms with Crippen LogP contribution in [0.2, 0.25) is 0 Å². The summed E-state index contributed by atoms with van der Waals surface area (Å²) in [6, 6.07) is 9.42. The van der Waals surface area contributed by atoms with E-state index in [1.165, 1.54) is 31.2 Å². The molecule has 2 unspecified atom stereocenters. The Morgan fingerprint density at radius 3 is 2.47 bits per heavy atom. The fourth-order valence-electron chi connectivity index (χ4n) is 3.09. The highest BCUT2D eigenvalue weighted by atomic mass is 16.5. The van der Waals surface area contributed by atoms with Crippen molar-refractivity contribution in [3.8, 4) is 5.75 Å². The second kappa shape index (κ2) is 5.96. The SMILES string of the molecule is COc1ccc(C(C)NC2CCCCC2(C)C)cc1. The van der Waals surface area contributed by atoms with Crippen LogP contribution in [0.15, 0.2) is 24.3 Å². The number of ether oxygens (including phenoxy) is 1. The van der Waals surface area contributed by atoms with Gasteiger partial charge in [-0.2, -0.15) is 0 Å². The maximum absolute atomic E-state index is 5.21. The molecular formula is C17H27NO. The molecular weight excluding hydrogens is 234 g/mol. The van der Waals surface area contributed by atoms with Crippen LogP contribution < -0.4 is 10.1 Å². The van der Waals surface area contributed by atoms with Gasteiger partial charge in [0, 0.05) is 12.1 Å². The Morgan fingerprint density at radius 1 is 1.21 bits per heavy atom. The van der Waals surface area contributed by atoms with Gasteiger partial charge in [0.2, 0.25) is 0 Å². The molecule has 1 saturated carbocycles. The largest absolute Gasteiger partial charge is 0.497 e. The topological polar surface area (TPSA) is 21.3 Å². The molecule has 2 rings (SSSR count). The van der Waals surface area contributed by atoms with Crippen LogP contribution in [-0.4, -0.2) is 13.2 Å². The van der Waals surface area contributed by atoms with E-state index in [9.17, 15) is 0 Å². The van der Waals surface area contributed by atoms with Crippen molar-refractivity contribution in [2.45, 2.75) is 58.5 Å². The maximum atomic E-state index is 5.21. The standard InChI is InChI=1S/C17H27NO/c1-13(14-8-10-15(19-4)11-9-14)18-16-7-5-6-12-17(16,2)3/h8-11,13,16,18H,5-7,12H2,1-4H3. The molecule has 1 N–H and O–H groups in total. The van der Waals surface area contributed by atoms with E-state index in [1.54, 1.807) is 7.11 Å². The molecule has 0 radical (unpaired) electrons. The molecule has 1 aliphatic rings. The molecule has 106 valence electrons. The molecule has 1 aromatic rings. The molecule has 0 heterocycles. The second-order valence-corrected chi connectivity index (χ2v) is 6.45. The molecule has 1 aliphatic carbocycles. The van der Waals surface area contributed by atoms with Crippen molar-refractivity contribution in [3.63, 3.8) is 0 Å². The lowest BCUT2D eigenvalue weighted by Gasteiger charge is -2.40. The third-order valence-electron chi connectivity index (χ3n) is 4.57. The third-order valence-corrected chi connectivity index (χ3v) is 4.57. The summed E-state index contributed by atoms with van der Waals surface area (Å²) in [6.07, 6.45) is 5.37. The zero-order valence-corrected chi connectivity index (χ0v) is 12.7. The highest BCUT2D eigenvalue weighted by Gasteiger charge is 2.32. The number of methoxy groups -OCH3 is 1. The molecule has 1 fully saturated rings. The number of benzene rings is 1. The van der Waals surface area contributed by atoms with Crippen molar-refractivity contribution in [2.75, 3.05) is 7.11 Å². The van der Waals surface area contributed by atoms with Gasteiger partial charge in [-0.15, -0.1) is 0 Å². The van der Waals surface area contributed by atoms with E-state index in [0.29, 0.717) is 17.5 Å². The van der Waals surface area contributed by atoms with Crippen LogP contribution in [-0.2, 0) is 0 Å². The molecule has 2 nitrogen and oxygen atoms in total. The van der Waals surface area contributed by atoms with E-state index in [1.807, 2.05) is 12.1 Å². The van der Waals surface area contributed by atoms with Gasteiger partial charge in [-0.1, -0.05) is 38.8 Å². The molecule has 0 spiro atoms. The molecule has 2 heteroatoms. The zero-order chi connectivity index (χ0) is 13.9. The van der Waals surface area contributed by atoms with Gasteiger partial charge in [0.15, 0.2) is 0 Å². The van der Waals surface area contributed by atoms with Crippen LogP contribution in [0.1, 0.15) is 58.1 Å². The van der Waals surface area contributed by atoms with Crippen LogP contribution in [0.3, 0.4) is 0 Å². The highest BCUT2D eigenvalue weighted by Crippen LogP contribution is 2.36. The van der Waals surface area contributed by atoms with E-state index in [4.69, 9.17) is 4.74 Å². The first-order valence-electron chi connectivity index (χ1n) is 7.43. The molecule has 0 aromatic heterocycles. The molecule has 19 heavy (non-hydrogen) atoms. The van der Waals surface area contributed by atoms with E-state index < -0.39 is 0 Å². The lowest BCUT2D eigenvalue weighted by Crippen LogP contribution is -2.45. The van der Waals surface area contributed by atoms with E-state index in [-0.39, 0.29) is 0 Å². The Labute approximate surface area is 117 Å². The zero-order valence-electron chi connectivity index (χ0n) is 12.7. The van der Waals surface area contributed by atoms with Gasteiger partial charge in [0.1, 0.15) is 5.75 Å². The van der Waals surface area contributed by atoms with Crippen molar-refractivity contribution in [2.24, 2.45) is 5.41 Å². The van der Waals surface area contributed by atoms with Crippen molar-refractivity contribution < 1.29 is 4.74 Å². The first kappa shape index (κ1) is 14.4. The van der Waals surface area contributed by atoms with Gasteiger partial charge in [-0.25, -0.2) is 0 Å². The third kappa shape index (κ3) is 3.50. The smallest absolute Gasteiger partial charge is 0.118 e. The summed E-state index contributed by atoms with van der Waals surface area (Å²) in [7, 11) is 1.71. The minimum absolute atomic E-state index is 0.397. The van der Waals surface area contributed by atoms with Crippen molar-refractivity contribution in [3.05, 3.63) is 29.8 Å². The summed E-state index contributed by atoms with van der Waals surface area (Å²) in [6.45, 7) is 7.04. The van der Waals surface area contributed by atoms with Gasteiger partial charge >= 0.3 is 0 Å². The second-order valence-electron chi connectivity index (χ2n) is 6.45. The fraction of sp³-hybridized carbons (Fsp3) is 0.647. The van der Waals surface area contributed by atoms with E-state index >= 15 is 0 Å². The average Bonchev–Trinajstić information content (AvgIpc) is 2.41. The molecule has 0 amide bonds. The molecule has 1 aromatic carbocycles. The molecule has 2 atom stereocenters. The summed E-state index contributed by atoms with van der Waals surface area (Å²) in [5.41, 5.74) is 1.75. The predicted octanol–water partition coefficient (Wildman–Crippen LogP) is 4.31. The fourth-order valence-corrected chi connectivity index (χ4v) is 3.09. The van der Waals surface area contributed by atoms with E-state index in [2.05, 4.69) is 38.2 Å². The Morgan fingerprint density at radius 2 is 1.89 bits per heavy atom. The van der Waals surface area contributed by atoms with Crippen LogP contribution in [0.25, 0.3) is 0 Å². The summed E-state index contributed by atoms with van der Waals surface area (Å²) < 4.78 is 5.21. The van der Waals surface area contributed by atoms with Crippen molar-refractivity contribution >= 4 is 0 Å².